The molecule has 0 aliphatic heterocycles. The third kappa shape index (κ3) is 4.64. The van der Waals surface area contributed by atoms with Gasteiger partial charge in [-0.15, -0.1) is 0 Å². The zero-order valence-electron chi connectivity index (χ0n) is 11.5. The van der Waals surface area contributed by atoms with Gasteiger partial charge in [0.25, 0.3) is 0 Å². The number of ketones is 1. The summed E-state index contributed by atoms with van der Waals surface area (Å²) >= 11 is 5.84. The molecule has 1 aliphatic rings. The van der Waals surface area contributed by atoms with Crippen LogP contribution in [0.3, 0.4) is 0 Å². The van der Waals surface area contributed by atoms with Crippen molar-refractivity contribution >= 4 is 23.3 Å². The van der Waals surface area contributed by atoms with E-state index in [2.05, 4.69) is 5.32 Å². The van der Waals surface area contributed by atoms with Crippen LogP contribution in [0.15, 0.2) is 24.3 Å². The van der Waals surface area contributed by atoms with E-state index in [1.54, 1.807) is 24.3 Å². The number of carbonyl (C=O) groups excluding carboxylic acids is 2. The van der Waals surface area contributed by atoms with Gasteiger partial charge in [0.1, 0.15) is 0 Å². The lowest BCUT2D eigenvalue weighted by molar-refractivity contribution is -0.121. The molecule has 108 valence electrons. The maximum Gasteiger partial charge on any atom is 0.220 e. The van der Waals surface area contributed by atoms with Gasteiger partial charge in [-0.05, 0) is 30.9 Å². The number of halogens is 1. The van der Waals surface area contributed by atoms with Crippen molar-refractivity contribution in [1.82, 2.24) is 5.32 Å². The van der Waals surface area contributed by atoms with Crippen molar-refractivity contribution < 1.29 is 9.59 Å². The van der Waals surface area contributed by atoms with Crippen LogP contribution >= 0.6 is 11.6 Å². The third-order valence-electron chi connectivity index (χ3n) is 3.79. The fourth-order valence-electron chi connectivity index (χ4n) is 2.59. The Labute approximate surface area is 124 Å². The molecule has 3 nitrogen and oxygen atoms in total. The Morgan fingerprint density at radius 3 is 2.65 bits per heavy atom. The number of nitrogens with one attached hydrogen (secondary N) is 1. The second-order valence-electron chi connectivity index (χ2n) is 5.39. The van der Waals surface area contributed by atoms with Crippen molar-refractivity contribution in [3.8, 4) is 0 Å². The van der Waals surface area contributed by atoms with E-state index >= 15 is 0 Å². The third-order valence-corrected chi connectivity index (χ3v) is 4.02. The van der Waals surface area contributed by atoms with Gasteiger partial charge >= 0.3 is 0 Å². The molecule has 1 fully saturated rings. The Morgan fingerprint density at radius 1 is 1.20 bits per heavy atom. The summed E-state index contributed by atoms with van der Waals surface area (Å²) in [4.78, 5) is 23.6. The first-order valence-corrected chi connectivity index (χ1v) is 7.58. The van der Waals surface area contributed by atoms with E-state index in [-0.39, 0.29) is 24.5 Å². The fourth-order valence-corrected chi connectivity index (χ4v) is 2.78. The Balaban J connectivity index is 1.71. The quantitative estimate of drug-likeness (QED) is 0.815. The van der Waals surface area contributed by atoms with Gasteiger partial charge in [-0.2, -0.15) is 0 Å². The van der Waals surface area contributed by atoms with Gasteiger partial charge in [-0.25, -0.2) is 0 Å². The van der Waals surface area contributed by atoms with Crippen LogP contribution in [0.4, 0.5) is 0 Å². The summed E-state index contributed by atoms with van der Waals surface area (Å²) in [6, 6.07) is 6.84. The molecule has 1 saturated carbocycles. The number of hydrogen-bond donors (Lipinski definition) is 1. The average molecular weight is 294 g/mol. The first-order chi connectivity index (χ1) is 9.65. The Kier molecular flexibility index (Phi) is 5.60. The van der Waals surface area contributed by atoms with Crippen LogP contribution in [0.1, 0.15) is 48.9 Å². The zero-order valence-corrected chi connectivity index (χ0v) is 12.3. The van der Waals surface area contributed by atoms with Crippen LogP contribution in [0.5, 0.6) is 0 Å². The second kappa shape index (κ2) is 7.44. The summed E-state index contributed by atoms with van der Waals surface area (Å²) < 4.78 is 0. The SMILES string of the molecule is O=C(CCC(=O)c1cccc(Cl)c1)NCC1CCCC1. The maximum atomic E-state index is 11.9. The first-order valence-electron chi connectivity index (χ1n) is 7.20. The minimum absolute atomic E-state index is 0.0349. The van der Waals surface area contributed by atoms with Crippen LogP contribution in [-0.4, -0.2) is 18.2 Å². The summed E-state index contributed by atoms with van der Waals surface area (Å²) in [5.74, 6) is 0.554. The predicted octanol–water partition coefficient (Wildman–Crippen LogP) is 3.61. The highest BCUT2D eigenvalue weighted by Gasteiger charge is 2.16. The van der Waals surface area contributed by atoms with Crippen LogP contribution in [-0.2, 0) is 4.79 Å². The summed E-state index contributed by atoms with van der Waals surface area (Å²) in [7, 11) is 0. The van der Waals surface area contributed by atoms with Crippen molar-refractivity contribution in [3.05, 3.63) is 34.9 Å². The number of rotatable bonds is 6. The van der Waals surface area contributed by atoms with Crippen molar-refractivity contribution in [1.29, 1.82) is 0 Å². The van der Waals surface area contributed by atoms with Crippen molar-refractivity contribution in [2.24, 2.45) is 5.92 Å². The van der Waals surface area contributed by atoms with Gasteiger partial charge in [-0.1, -0.05) is 36.6 Å². The van der Waals surface area contributed by atoms with E-state index in [4.69, 9.17) is 11.6 Å². The smallest absolute Gasteiger partial charge is 0.220 e. The molecule has 0 bridgehead atoms. The lowest BCUT2D eigenvalue weighted by atomic mass is 10.1. The molecule has 1 aromatic carbocycles. The Hall–Kier alpha value is -1.35. The van der Waals surface area contributed by atoms with Crippen LogP contribution in [0.25, 0.3) is 0 Å². The minimum Gasteiger partial charge on any atom is -0.356 e. The molecule has 0 radical (unpaired) electrons. The molecule has 0 saturated heterocycles. The highest BCUT2D eigenvalue weighted by molar-refractivity contribution is 6.31. The molecule has 1 N–H and O–H groups in total. The molecular weight excluding hydrogens is 274 g/mol. The van der Waals surface area contributed by atoms with E-state index in [0.717, 1.165) is 6.54 Å². The van der Waals surface area contributed by atoms with Gasteiger partial charge in [-0.3, -0.25) is 9.59 Å². The lowest BCUT2D eigenvalue weighted by Gasteiger charge is -2.10. The molecule has 0 heterocycles. The number of amides is 1. The molecule has 1 amide bonds. The topological polar surface area (TPSA) is 46.2 Å². The zero-order chi connectivity index (χ0) is 14.4. The number of benzene rings is 1. The van der Waals surface area contributed by atoms with Gasteiger partial charge in [0, 0.05) is 30.0 Å². The molecule has 1 aromatic rings. The normalized spacial score (nSPS) is 15.2. The Morgan fingerprint density at radius 2 is 1.95 bits per heavy atom. The number of carbonyl (C=O) groups is 2. The van der Waals surface area contributed by atoms with Crippen molar-refractivity contribution in [3.63, 3.8) is 0 Å². The predicted molar refractivity (Wildman–Crippen MR) is 80.0 cm³/mol. The van der Waals surface area contributed by atoms with Crippen molar-refractivity contribution in [2.75, 3.05) is 6.54 Å². The molecule has 0 atom stereocenters. The largest absolute Gasteiger partial charge is 0.356 e. The molecule has 1 aliphatic carbocycles. The highest BCUT2D eigenvalue weighted by atomic mass is 35.5. The maximum absolute atomic E-state index is 11.9. The monoisotopic (exact) mass is 293 g/mol. The van der Waals surface area contributed by atoms with E-state index in [1.165, 1.54) is 25.7 Å². The Bertz CT molecular complexity index is 481. The summed E-state index contributed by atoms with van der Waals surface area (Å²) in [5, 5.41) is 3.47. The van der Waals surface area contributed by atoms with Gasteiger partial charge in [0.2, 0.25) is 5.91 Å². The second-order valence-corrected chi connectivity index (χ2v) is 5.82. The number of Topliss-reactive ketones (excluding diaryl/α,β-unsaturated/α-hetero) is 1. The molecule has 0 aromatic heterocycles. The first kappa shape index (κ1) is 15.0. The minimum atomic E-state index is -0.0384. The van der Waals surface area contributed by atoms with Crippen LogP contribution in [0.2, 0.25) is 5.02 Å². The van der Waals surface area contributed by atoms with E-state index in [1.807, 2.05) is 0 Å². The van der Waals surface area contributed by atoms with E-state index in [9.17, 15) is 9.59 Å². The summed E-state index contributed by atoms with van der Waals surface area (Å²) in [5.41, 5.74) is 0.570. The molecule has 2 rings (SSSR count). The van der Waals surface area contributed by atoms with Crippen LogP contribution in [0, 0.1) is 5.92 Å². The average Bonchev–Trinajstić information content (AvgIpc) is 2.95. The standard InChI is InChI=1S/C16H20ClNO2/c17-14-7-3-6-13(10-14)15(19)8-9-16(20)18-11-12-4-1-2-5-12/h3,6-7,10,12H,1-2,4-5,8-9,11H2,(H,18,20). The number of hydrogen-bond acceptors (Lipinski definition) is 2. The van der Waals surface area contributed by atoms with Crippen LogP contribution < -0.4 is 5.32 Å². The van der Waals surface area contributed by atoms with E-state index < -0.39 is 0 Å². The molecule has 4 heteroatoms. The van der Waals surface area contributed by atoms with Gasteiger partial charge < -0.3 is 5.32 Å². The van der Waals surface area contributed by atoms with Gasteiger partial charge in [0.05, 0.1) is 0 Å². The molecule has 20 heavy (non-hydrogen) atoms. The molecule has 0 spiro atoms. The lowest BCUT2D eigenvalue weighted by Crippen LogP contribution is -2.28. The molecule has 0 unspecified atom stereocenters. The van der Waals surface area contributed by atoms with E-state index in [0.29, 0.717) is 16.5 Å². The summed E-state index contributed by atoms with van der Waals surface area (Å²) in [6.07, 6.45) is 5.44. The summed E-state index contributed by atoms with van der Waals surface area (Å²) in [6.45, 7) is 0.754. The highest BCUT2D eigenvalue weighted by Crippen LogP contribution is 2.23. The van der Waals surface area contributed by atoms with Crippen molar-refractivity contribution in [2.45, 2.75) is 38.5 Å². The fraction of sp³-hybridized carbons (Fsp3) is 0.500. The molecular formula is C16H20ClNO2. The van der Waals surface area contributed by atoms with Gasteiger partial charge in [0.15, 0.2) is 5.78 Å².